The maximum Gasteiger partial charge on any atom is 0.0598 e. The van der Waals surface area contributed by atoms with E-state index in [9.17, 15) is 0 Å². The van der Waals surface area contributed by atoms with Crippen molar-refractivity contribution < 1.29 is 4.74 Å². The van der Waals surface area contributed by atoms with Crippen molar-refractivity contribution in [3.05, 3.63) is 0 Å². The van der Waals surface area contributed by atoms with Gasteiger partial charge >= 0.3 is 0 Å². The largest absolute Gasteiger partial charge is 0.376 e. The Labute approximate surface area is 82.3 Å². The van der Waals surface area contributed by atoms with Crippen LogP contribution in [0.1, 0.15) is 34.1 Å². The second-order valence-electron chi connectivity index (χ2n) is 4.97. The fourth-order valence-electron chi connectivity index (χ4n) is 1.70. The summed E-state index contributed by atoms with van der Waals surface area (Å²) in [6, 6.07) is 0. The Hall–Kier alpha value is -0.0800. The molecule has 1 rings (SSSR count). The lowest BCUT2D eigenvalue weighted by Crippen LogP contribution is -2.26. The SMILES string of the molecule is CCN1CCC(COC(C)(C)C)C1. The van der Waals surface area contributed by atoms with Crippen LogP contribution in [0.3, 0.4) is 0 Å². The fourth-order valence-corrected chi connectivity index (χ4v) is 1.70. The standard InChI is InChI=1S/C11H23NO/c1-5-12-7-6-10(8-12)9-13-11(2,3)4/h10H,5-9H2,1-4H3. The third kappa shape index (κ3) is 4.10. The van der Waals surface area contributed by atoms with Crippen LogP contribution in [0.15, 0.2) is 0 Å². The van der Waals surface area contributed by atoms with Gasteiger partial charge in [0.25, 0.3) is 0 Å². The molecule has 1 saturated heterocycles. The Bertz CT molecular complexity index is 151. The summed E-state index contributed by atoms with van der Waals surface area (Å²) in [5.41, 5.74) is 0.0274. The lowest BCUT2D eigenvalue weighted by Gasteiger charge is -2.22. The molecule has 0 bridgehead atoms. The van der Waals surface area contributed by atoms with E-state index >= 15 is 0 Å². The van der Waals surface area contributed by atoms with Crippen molar-refractivity contribution in [3.8, 4) is 0 Å². The Kier molecular flexibility index (Phi) is 3.74. The zero-order valence-electron chi connectivity index (χ0n) is 9.47. The maximum atomic E-state index is 5.78. The van der Waals surface area contributed by atoms with Gasteiger partial charge in [-0.1, -0.05) is 6.92 Å². The summed E-state index contributed by atoms with van der Waals surface area (Å²) >= 11 is 0. The number of ether oxygens (including phenoxy) is 1. The van der Waals surface area contributed by atoms with E-state index in [1.165, 1.54) is 26.1 Å². The van der Waals surface area contributed by atoms with Crippen molar-refractivity contribution in [1.29, 1.82) is 0 Å². The Balaban J connectivity index is 2.17. The van der Waals surface area contributed by atoms with Gasteiger partial charge in [0.15, 0.2) is 0 Å². The smallest absolute Gasteiger partial charge is 0.0598 e. The first-order chi connectivity index (χ1) is 6.01. The molecular formula is C11H23NO. The number of rotatable bonds is 3. The van der Waals surface area contributed by atoms with Crippen molar-refractivity contribution in [2.45, 2.75) is 39.7 Å². The molecule has 1 unspecified atom stereocenters. The highest BCUT2D eigenvalue weighted by Crippen LogP contribution is 2.18. The Morgan fingerprint density at radius 1 is 1.38 bits per heavy atom. The number of hydrogen-bond acceptors (Lipinski definition) is 2. The molecule has 0 aromatic heterocycles. The molecule has 0 amide bonds. The van der Waals surface area contributed by atoms with Gasteiger partial charge in [-0.25, -0.2) is 0 Å². The molecule has 1 aliphatic heterocycles. The van der Waals surface area contributed by atoms with Crippen LogP contribution in [-0.4, -0.2) is 36.7 Å². The van der Waals surface area contributed by atoms with Gasteiger partial charge in [-0.3, -0.25) is 0 Å². The first kappa shape index (κ1) is 11.0. The zero-order valence-corrected chi connectivity index (χ0v) is 9.47. The van der Waals surface area contributed by atoms with Crippen LogP contribution >= 0.6 is 0 Å². The molecule has 0 saturated carbocycles. The summed E-state index contributed by atoms with van der Waals surface area (Å²) in [6.07, 6.45) is 1.31. The lowest BCUT2D eigenvalue weighted by atomic mass is 10.1. The maximum absolute atomic E-state index is 5.78. The molecule has 0 aliphatic carbocycles. The second kappa shape index (κ2) is 4.43. The van der Waals surface area contributed by atoms with Crippen LogP contribution in [0.4, 0.5) is 0 Å². The quantitative estimate of drug-likeness (QED) is 0.668. The van der Waals surface area contributed by atoms with Gasteiger partial charge in [-0.05, 0) is 46.2 Å². The molecule has 0 aromatic rings. The summed E-state index contributed by atoms with van der Waals surface area (Å²) in [7, 11) is 0. The molecule has 0 aromatic carbocycles. The van der Waals surface area contributed by atoms with Crippen LogP contribution in [-0.2, 0) is 4.74 Å². The highest BCUT2D eigenvalue weighted by Gasteiger charge is 2.23. The molecule has 1 aliphatic rings. The van der Waals surface area contributed by atoms with Crippen molar-refractivity contribution in [2.24, 2.45) is 5.92 Å². The van der Waals surface area contributed by atoms with Gasteiger partial charge in [-0.15, -0.1) is 0 Å². The van der Waals surface area contributed by atoms with E-state index in [0.29, 0.717) is 0 Å². The number of hydrogen-bond donors (Lipinski definition) is 0. The summed E-state index contributed by atoms with van der Waals surface area (Å²) in [5.74, 6) is 0.763. The molecule has 0 radical (unpaired) electrons. The van der Waals surface area contributed by atoms with Gasteiger partial charge in [-0.2, -0.15) is 0 Å². The third-order valence-electron chi connectivity index (χ3n) is 2.57. The zero-order chi connectivity index (χ0) is 9.90. The summed E-state index contributed by atoms with van der Waals surface area (Å²) in [4.78, 5) is 2.50. The predicted molar refractivity (Wildman–Crippen MR) is 55.9 cm³/mol. The van der Waals surface area contributed by atoms with Crippen LogP contribution in [0, 0.1) is 5.92 Å². The molecule has 1 fully saturated rings. The molecular weight excluding hydrogens is 162 g/mol. The molecule has 2 heteroatoms. The van der Waals surface area contributed by atoms with E-state index in [1.807, 2.05) is 0 Å². The normalized spacial score (nSPS) is 25.4. The van der Waals surface area contributed by atoms with E-state index in [4.69, 9.17) is 4.74 Å². The minimum Gasteiger partial charge on any atom is -0.376 e. The number of likely N-dealkylation sites (tertiary alicyclic amines) is 1. The highest BCUT2D eigenvalue weighted by molar-refractivity contribution is 4.75. The van der Waals surface area contributed by atoms with E-state index in [0.717, 1.165) is 12.5 Å². The van der Waals surface area contributed by atoms with E-state index in [-0.39, 0.29) is 5.60 Å². The molecule has 13 heavy (non-hydrogen) atoms. The van der Waals surface area contributed by atoms with E-state index in [2.05, 4.69) is 32.6 Å². The Morgan fingerprint density at radius 3 is 2.54 bits per heavy atom. The van der Waals surface area contributed by atoms with Gasteiger partial charge in [0.05, 0.1) is 12.2 Å². The topological polar surface area (TPSA) is 12.5 Å². The molecule has 2 nitrogen and oxygen atoms in total. The number of nitrogens with zero attached hydrogens (tertiary/aromatic N) is 1. The summed E-state index contributed by atoms with van der Waals surface area (Å²) in [6.45, 7) is 13.2. The molecule has 1 atom stereocenters. The van der Waals surface area contributed by atoms with E-state index < -0.39 is 0 Å². The van der Waals surface area contributed by atoms with Gasteiger partial charge in [0, 0.05) is 6.54 Å². The first-order valence-electron chi connectivity index (χ1n) is 5.37. The van der Waals surface area contributed by atoms with Crippen LogP contribution in [0.25, 0.3) is 0 Å². The summed E-state index contributed by atoms with van der Waals surface area (Å²) < 4.78 is 5.78. The molecule has 0 spiro atoms. The summed E-state index contributed by atoms with van der Waals surface area (Å²) in [5, 5.41) is 0. The van der Waals surface area contributed by atoms with Crippen molar-refractivity contribution >= 4 is 0 Å². The fraction of sp³-hybridized carbons (Fsp3) is 1.00. The predicted octanol–water partition coefficient (Wildman–Crippen LogP) is 2.14. The van der Waals surface area contributed by atoms with Crippen molar-refractivity contribution in [1.82, 2.24) is 4.90 Å². The van der Waals surface area contributed by atoms with E-state index in [1.54, 1.807) is 0 Å². The van der Waals surface area contributed by atoms with Crippen LogP contribution in [0.5, 0.6) is 0 Å². The van der Waals surface area contributed by atoms with Gasteiger partial charge < -0.3 is 9.64 Å². The van der Waals surface area contributed by atoms with Crippen molar-refractivity contribution in [2.75, 3.05) is 26.2 Å². The molecule has 1 heterocycles. The first-order valence-corrected chi connectivity index (χ1v) is 5.37. The average molecular weight is 185 g/mol. The third-order valence-corrected chi connectivity index (χ3v) is 2.57. The van der Waals surface area contributed by atoms with Crippen molar-refractivity contribution in [3.63, 3.8) is 0 Å². The van der Waals surface area contributed by atoms with Crippen LogP contribution in [0.2, 0.25) is 0 Å². The minimum atomic E-state index is 0.0274. The lowest BCUT2D eigenvalue weighted by molar-refractivity contribution is -0.0204. The minimum absolute atomic E-state index is 0.0274. The Morgan fingerprint density at radius 2 is 2.08 bits per heavy atom. The molecule has 0 N–H and O–H groups in total. The monoisotopic (exact) mass is 185 g/mol. The molecule has 78 valence electrons. The van der Waals surface area contributed by atoms with Gasteiger partial charge in [0.2, 0.25) is 0 Å². The van der Waals surface area contributed by atoms with Crippen LogP contribution < -0.4 is 0 Å². The van der Waals surface area contributed by atoms with Gasteiger partial charge in [0.1, 0.15) is 0 Å². The second-order valence-corrected chi connectivity index (χ2v) is 4.97. The highest BCUT2D eigenvalue weighted by atomic mass is 16.5. The average Bonchev–Trinajstić information content (AvgIpc) is 2.47.